The van der Waals surface area contributed by atoms with Gasteiger partial charge < -0.3 is 20.2 Å². The lowest BCUT2D eigenvalue weighted by atomic mass is 10.2. The topological polar surface area (TPSA) is 103 Å². The number of ether oxygens (including phenoxy) is 1. The molecule has 0 bridgehead atoms. The van der Waals surface area contributed by atoms with Gasteiger partial charge in [0, 0.05) is 6.42 Å². The van der Waals surface area contributed by atoms with Crippen molar-refractivity contribution in [3.8, 4) is 0 Å². The second-order valence-electron chi connectivity index (χ2n) is 4.30. The Morgan fingerprint density at radius 2 is 2.19 bits per heavy atom. The van der Waals surface area contributed by atoms with Gasteiger partial charge >= 0.3 is 5.97 Å². The number of carbonyl (C=O) groups excluding carboxylic acids is 1. The van der Waals surface area contributed by atoms with Crippen molar-refractivity contribution < 1.29 is 13.9 Å². The highest BCUT2D eigenvalue weighted by molar-refractivity contribution is 5.95. The number of nitrogens with two attached hydrogens (primary N) is 1. The van der Waals surface area contributed by atoms with E-state index in [2.05, 4.69) is 15.3 Å². The summed E-state index contributed by atoms with van der Waals surface area (Å²) in [6, 6.07) is 1.55. The van der Waals surface area contributed by atoms with Gasteiger partial charge in [-0.3, -0.25) is 0 Å². The lowest BCUT2D eigenvalue weighted by molar-refractivity contribution is 0.0527. The number of aromatic nitrogens is 2. The summed E-state index contributed by atoms with van der Waals surface area (Å²) in [4.78, 5) is 20.0. The fourth-order valence-electron chi connectivity index (χ4n) is 1.71. The highest BCUT2D eigenvalue weighted by atomic mass is 16.5. The SMILES string of the molecule is CCOC(=O)c1cc(NCc2ncc(CC)o2)ncc1N. The molecule has 0 unspecified atom stereocenters. The van der Waals surface area contributed by atoms with Crippen molar-refractivity contribution in [1.82, 2.24) is 9.97 Å². The van der Waals surface area contributed by atoms with E-state index in [1.54, 1.807) is 19.2 Å². The van der Waals surface area contributed by atoms with Gasteiger partial charge in [-0.05, 0) is 13.0 Å². The van der Waals surface area contributed by atoms with Gasteiger partial charge in [0.15, 0.2) is 0 Å². The maximum Gasteiger partial charge on any atom is 0.340 e. The molecule has 112 valence electrons. The van der Waals surface area contributed by atoms with Crippen LogP contribution in [0.4, 0.5) is 11.5 Å². The number of hydrogen-bond donors (Lipinski definition) is 2. The molecule has 21 heavy (non-hydrogen) atoms. The minimum Gasteiger partial charge on any atom is -0.462 e. The molecule has 2 heterocycles. The van der Waals surface area contributed by atoms with Crippen LogP contribution in [0.5, 0.6) is 0 Å². The van der Waals surface area contributed by atoms with Crippen LogP contribution in [0.25, 0.3) is 0 Å². The van der Waals surface area contributed by atoms with E-state index in [0.29, 0.717) is 24.9 Å². The van der Waals surface area contributed by atoms with Crippen molar-refractivity contribution in [2.24, 2.45) is 0 Å². The summed E-state index contributed by atoms with van der Waals surface area (Å²) in [6.45, 7) is 4.39. The number of hydrogen-bond acceptors (Lipinski definition) is 7. The molecule has 0 atom stereocenters. The molecule has 0 spiro atoms. The first-order chi connectivity index (χ1) is 10.1. The molecule has 3 N–H and O–H groups in total. The van der Waals surface area contributed by atoms with Gasteiger partial charge in [0.25, 0.3) is 0 Å². The van der Waals surface area contributed by atoms with Gasteiger partial charge in [0.2, 0.25) is 5.89 Å². The van der Waals surface area contributed by atoms with Gasteiger partial charge in [-0.2, -0.15) is 0 Å². The monoisotopic (exact) mass is 290 g/mol. The molecule has 0 aromatic carbocycles. The largest absolute Gasteiger partial charge is 0.462 e. The predicted octanol–water partition coefficient (Wildman–Crippen LogP) is 2.00. The van der Waals surface area contributed by atoms with E-state index in [1.165, 1.54) is 6.20 Å². The minimum absolute atomic E-state index is 0.281. The van der Waals surface area contributed by atoms with Crippen LogP contribution in [0.2, 0.25) is 0 Å². The summed E-state index contributed by atoms with van der Waals surface area (Å²) in [5.74, 6) is 1.42. The second-order valence-corrected chi connectivity index (χ2v) is 4.30. The molecule has 0 amide bonds. The number of carbonyl (C=O) groups is 1. The first kappa shape index (κ1) is 14.8. The van der Waals surface area contributed by atoms with Crippen LogP contribution < -0.4 is 11.1 Å². The number of nitrogen functional groups attached to an aromatic ring is 1. The van der Waals surface area contributed by atoms with Crippen molar-refractivity contribution in [3.05, 3.63) is 35.7 Å². The molecule has 0 aliphatic rings. The van der Waals surface area contributed by atoms with Gasteiger partial charge in [-0.25, -0.2) is 14.8 Å². The lowest BCUT2D eigenvalue weighted by Gasteiger charge is -2.08. The van der Waals surface area contributed by atoms with Crippen LogP contribution in [-0.4, -0.2) is 22.5 Å². The van der Waals surface area contributed by atoms with Gasteiger partial charge in [0.05, 0.1) is 36.8 Å². The van der Waals surface area contributed by atoms with Crippen molar-refractivity contribution >= 4 is 17.5 Å². The van der Waals surface area contributed by atoms with Crippen molar-refractivity contribution in [1.29, 1.82) is 0 Å². The van der Waals surface area contributed by atoms with E-state index >= 15 is 0 Å². The highest BCUT2D eigenvalue weighted by Crippen LogP contribution is 2.17. The molecule has 0 saturated heterocycles. The molecule has 7 heteroatoms. The molecule has 0 aliphatic carbocycles. The molecule has 0 radical (unpaired) electrons. The molecular formula is C14H18N4O3. The molecule has 2 rings (SSSR count). The summed E-state index contributed by atoms with van der Waals surface area (Å²) >= 11 is 0. The van der Waals surface area contributed by atoms with E-state index < -0.39 is 5.97 Å². The average molecular weight is 290 g/mol. The number of anilines is 2. The number of nitrogens with zero attached hydrogens (tertiary/aromatic N) is 2. The number of oxazole rings is 1. The summed E-state index contributed by atoms with van der Waals surface area (Å²) in [5.41, 5.74) is 6.30. The van der Waals surface area contributed by atoms with Crippen LogP contribution in [0.1, 0.15) is 35.9 Å². The molecule has 0 aliphatic heterocycles. The first-order valence-electron chi connectivity index (χ1n) is 6.74. The Balaban J connectivity index is 2.06. The van der Waals surface area contributed by atoms with Crippen molar-refractivity contribution in [3.63, 3.8) is 0 Å². The quantitative estimate of drug-likeness (QED) is 0.784. The normalized spacial score (nSPS) is 10.4. The Morgan fingerprint density at radius 1 is 1.38 bits per heavy atom. The van der Waals surface area contributed by atoms with E-state index in [9.17, 15) is 4.79 Å². The number of aryl methyl sites for hydroxylation is 1. The Morgan fingerprint density at radius 3 is 2.86 bits per heavy atom. The lowest BCUT2D eigenvalue weighted by Crippen LogP contribution is -2.10. The van der Waals surface area contributed by atoms with E-state index in [4.69, 9.17) is 14.9 Å². The number of pyridine rings is 1. The zero-order chi connectivity index (χ0) is 15.2. The van der Waals surface area contributed by atoms with Crippen molar-refractivity contribution in [2.45, 2.75) is 26.8 Å². The van der Waals surface area contributed by atoms with Gasteiger partial charge in [-0.1, -0.05) is 6.92 Å². The Hall–Kier alpha value is -2.57. The zero-order valence-corrected chi connectivity index (χ0v) is 12.0. The number of rotatable bonds is 6. The van der Waals surface area contributed by atoms with Crippen LogP contribution in [-0.2, 0) is 17.7 Å². The van der Waals surface area contributed by atoms with Crippen molar-refractivity contribution in [2.75, 3.05) is 17.7 Å². The molecular weight excluding hydrogens is 272 g/mol. The van der Waals surface area contributed by atoms with Crippen LogP contribution in [0.15, 0.2) is 22.9 Å². The molecule has 0 fully saturated rings. The molecule has 2 aromatic heterocycles. The molecule has 0 saturated carbocycles. The maximum absolute atomic E-state index is 11.7. The third-order valence-corrected chi connectivity index (χ3v) is 2.80. The number of nitrogens with one attached hydrogen (secondary N) is 1. The Kier molecular flexibility index (Phi) is 4.76. The smallest absolute Gasteiger partial charge is 0.340 e. The fraction of sp³-hybridized carbons (Fsp3) is 0.357. The van der Waals surface area contributed by atoms with Crippen LogP contribution >= 0.6 is 0 Å². The fourth-order valence-corrected chi connectivity index (χ4v) is 1.71. The van der Waals surface area contributed by atoms with Gasteiger partial charge in [-0.15, -0.1) is 0 Å². The summed E-state index contributed by atoms with van der Waals surface area (Å²) < 4.78 is 10.4. The minimum atomic E-state index is -0.468. The Bertz CT molecular complexity index is 624. The first-order valence-corrected chi connectivity index (χ1v) is 6.74. The maximum atomic E-state index is 11.7. The second kappa shape index (κ2) is 6.74. The van der Waals surface area contributed by atoms with Gasteiger partial charge in [0.1, 0.15) is 11.6 Å². The third-order valence-electron chi connectivity index (χ3n) is 2.80. The third kappa shape index (κ3) is 3.71. The van der Waals surface area contributed by atoms with E-state index in [-0.39, 0.29) is 11.3 Å². The Labute approximate surface area is 122 Å². The summed E-state index contributed by atoms with van der Waals surface area (Å²) in [7, 11) is 0. The summed E-state index contributed by atoms with van der Waals surface area (Å²) in [6.07, 6.45) is 3.90. The predicted molar refractivity (Wildman–Crippen MR) is 77.8 cm³/mol. The zero-order valence-electron chi connectivity index (χ0n) is 12.0. The summed E-state index contributed by atoms with van der Waals surface area (Å²) in [5, 5.41) is 3.03. The molecule has 2 aromatic rings. The molecule has 7 nitrogen and oxygen atoms in total. The van der Waals surface area contributed by atoms with E-state index in [1.807, 2.05) is 6.92 Å². The number of esters is 1. The van der Waals surface area contributed by atoms with E-state index in [0.717, 1.165) is 12.2 Å². The standard InChI is InChI=1S/C14H18N4O3/c1-3-9-6-18-13(21-9)8-17-12-5-10(11(15)7-16-12)14(19)20-4-2/h5-7H,3-4,8,15H2,1-2H3,(H,16,17). The van der Waals surface area contributed by atoms with Crippen LogP contribution in [0.3, 0.4) is 0 Å². The average Bonchev–Trinajstić information content (AvgIpc) is 2.94. The highest BCUT2D eigenvalue weighted by Gasteiger charge is 2.12. The van der Waals surface area contributed by atoms with Crippen LogP contribution in [0, 0.1) is 0 Å².